The second-order valence-electron chi connectivity index (χ2n) is 5.52. The Morgan fingerprint density at radius 2 is 2.04 bits per heavy atom. The molecule has 1 amide bonds. The molecule has 0 unspecified atom stereocenters. The van der Waals surface area contributed by atoms with Gasteiger partial charge in [-0.3, -0.25) is 4.79 Å². The van der Waals surface area contributed by atoms with Gasteiger partial charge in [0.15, 0.2) is 0 Å². The summed E-state index contributed by atoms with van der Waals surface area (Å²) < 4.78 is 4.98. The Kier molecular flexibility index (Phi) is 4.76. The number of benzene rings is 1. The standard InChI is InChI=1S/C18H19NO3S/c1-2-22-18(21)13-7-5-8-14(10-13)19-17(20)16-11-12-6-3-4-9-15(12)23-16/h5,7-8,10-11H,2-4,6,9H2,1H3,(H,19,20). The van der Waals surface area contributed by atoms with Crippen LogP contribution >= 0.6 is 11.3 Å². The summed E-state index contributed by atoms with van der Waals surface area (Å²) in [5.74, 6) is -0.499. The molecule has 1 aliphatic carbocycles. The van der Waals surface area contributed by atoms with Gasteiger partial charge in [-0.2, -0.15) is 0 Å². The molecule has 1 N–H and O–H groups in total. The van der Waals surface area contributed by atoms with Crippen molar-refractivity contribution in [2.45, 2.75) is 32.6 Å². The quantitative estimate of drug-likeness (QED) is 0.861. The van der Waals surface area contributed by atoms with Crippen molar-refractivity contribution in [2.75, 3.05) is 11.9 Å². The Bertz CT molecular complexity index is 712. The molecule has 1 aromatic carbocycles. The van der Waals surface area contributed by atoms with Crippen molar-refractivity contribution >= 4 is 28.9 Å². The average Bonchev–Trinajstić information content (AvgIpc) is 2.99. The van der Waals surface area contributed by atoms with Crippen LogP contribution in [0.5, 0.6) is 0 Å². The van der Waals surface area contributed by atoms with Crippen molar-refractivity contribution in [1.82, 2.24) is 0 Å². The maximum absolute atomic E-state index is 12.4. The molecule has 0 spiro atoms. The number of carbonyl (C=O) groups excluding carboxylic acids is 2. The van der Waals surface area contributed by atoms with Gasteiger partial charge >= 0.3 is 5.97 Å². The number of amides is 1. The minimum atomic E-state index is -0.379. The van der Waals surface area contributed by atoms with E-state index in [4.69, 9.17) is 4.74 Å². The maximum Gasteiger partial charge on any atom is 0.338 e. The fourth-order valence-corrected chi connectivity index (χ4v) is 3.88. The predicted molar refractivity (Wildman–Crippen MR) is 91.3 cm³/mol. The SMILES string of the molecule is CCOC(=O)c1cccc(NC(=O)c2cc3c(s2)CCCC3)c1. The van der Waals surface area contributed by atoms with Gasteiger partial charge in [-0.15, -0.1) is 11.3 Å². The van der Waals surface area contributed by atoms with Crippen LogP contribution in [0.25, 0.3) is 0 Å². The molecule has 0 bridgehead atoms. The van der Waals surface area contributed by atoms with Crippen LogP contribution in [0.3, 0.4) is 0 Å². The first-order valence-electron chi connectivity index (χ1n) is 7.87. The highest BCUT2D eigenvalue weighted by Crippen LogP contribution is 2.30. The molecule has 0 atom stereocenters. The summed E-state index contributed by atoms with van der Waals surface area (Å²) in [5.41, 5.74) is 2.36. The van der Waals surface area contributed by atoms with Crippen LogP contribution in [0.1, 0.15) is 50.2 Å². The molecule has 2 aromatic rings. The maximum atomic E-state index is 12.4. The fraction of sp³-hybridized carbons (Fsp3) is 0.333. The molecule has 0 saturated carbocycles. The summed E-state index contributed by atoms with van der Waals surface area (Å²) in [6, 6.07) is 8.83. The Balaban J connectivity index is 1.73. The smallest absolute Gasteiger partial charge is 0.338 e. The van der Waals surface area contributed by atoms with Crippen LogP contribution < -0.4 is 5.32 Å². The minimum absolute atomic E-state index is 0.120. The van der Waals surface area contributed by atoms with Crippen LogP contribution in [0, 0.1) is 0 Å². The average molecular weight is 329 g/mol. The third-order valence-corrected chi connectivity index (χ3v) is 5.09. The molecule has 0 saturated heterocycles. The molecule has 120 valence electrons. The van der Waals surface area contributed by atoms with Crippen LogP contribution in [0.15, 0.2) is 30.3 Å². The largest absolute Gasteiger partial charge is 0.462 e. The molecule has 5 heteroatoms. The highest BCUT2D eigenvalue weighted by Gasteiger charge is 2.17. The zero-order valence-electron chi connectivity index (χ0n) is 13.1. The number of ether oxygens (including phenoxy) is 1. The summed E-state index contributed by atoms with van der Waals surface area (Å²) in [5, 5.41) is 2.87. The van der Waals surface area contributed by atoms with Gasteiger partial charge in [0.2, 0.25) is 0 Å². The lowest BCUT2D eigenvalue weighted by Crippen LogP contribution is -2.11. The summed E-state index contributed by atoms with van der Waals surface area (Å²) in [6.07, 6.45) is 4.55. The zero-order valence-corrected chi connectivity index (χ0v) is 13.9. The molecular formula is C18H19NO3S. The Hall–Kier alpha value is -2.14. The first-order chi connectivity index (χ1) is 11.2. The van der Waals surface area contributed by atoms with E-state index in [-0.39, 0.29) is 11.9 Å². The number of thiophene rings is 1. The van der Waals surface area contributed by atoms with Crippen molar-refractivity contribution < 1.29 is 14.3 Å². The lowest BCUT2D eigenvalue weighted by Gasteiger charge is -2.08. The van der Waals surface area contributed by atoms with E-state index in [0.29, 0.717) is 17.9 Å². The van der Waals surface area contributed by atoms with Crippen molar-refractivity contribution in [3.8, 4) is 0 Å². The molecule has 1 aliphatic rings. The van der Waals surface area contributed by atoms with Gasteiger partial charge in [0.05, 0.1) is 17.0 Å². The van der Waals surface area contributed by atoms with Crippen molar-refractivity contribution in [3.05, 3.63) is 51.2 Å². The monoisotopic (exact) mass is 329 g/mol. The number of rotatable bonds is 4. The number of fused-ring (bicyclic) bond motifs is 1. The molecule has 0 fully saturated rings. The second-order valence-corrected chi connectivity index (χ2v) is 6.66. The summed E-state index contributed by atoms with van der Waals surface area (Å²) in [7, 11) is 0. The van der Waals surface area contributed by atoms with E-state index < -0.39 is 0 Å². The van der Waals surface area contributed by atoms with Crippen LogP contribution in [0.4, 0.5) is 5.69 Å². The molecule has 4 nitrogen and oxygen atoms in total. The number of anilines is 1. The van der Waals surface area contributed by atoms with Gasteiger partial charge in [-0.25, -0.2) is 4.79 Å². The van der Waals surface area contributed by atoms with E-state index in [0.717, 1.165) is 17.7 Å². The number of hydrogen-bond donors (Lipinski definition) is 1. The highest BCUT2D eigenvalue weighted by molar-refractivity contribution is 7.14. The molecule has 0 aliphatic heterocycles. The van der Waals surface area contributed by atoms with E-state index in [9.17, 15) is 9.59 Å². The van der Waals surface area contributed by atoms with Crippen LogP contribution in [-0.2, 0) is 17.6 Å². The Morgan fingerprint density at radius 3 is 2.83 bits per heavy atom. The lowest BCUT2D eigenvalue weighted by atomic mass is 9.99. The van der Waals surface area contributed by atoms with E-state index >= 15 is 0 Å². The molecule has 0 radical (unpaired) electrons. The van der Waals surface area contributed by atoms with Gasteiger partial charge < -0.3 is 10.1 Å². The number of hydrogen-bond acceptors (Lipinski definition) is 4. The van der Waals surface area contributed by atoms with Gasteiger partial charge in [0.1, 0.15) is 0 Å². The zero-order chi connectivity index (χ0) is 16.2. The fourth-order valence-electron chi connectivity index (χ4n) is 2.73. The number of carbonyl (C=O) groups is 2. The van der Waals surface area contributed by atoms with Crippen LogP contribution in [0.2, 0.25) is 0 Å². The number of esters is 1. The first kappa shape index (κ1) is 15.7. The summed E-state index contributed by atoms with van der Waals surface area (Å²) in [4.78, 5) is 26.2. The molecular weight excluding hydrogens is 310 g/mol. The van der Waals surface area contributed by atoms with Crippen molar-refractivity contribution in [3.63, 3.8) is 0 Å². The van der Waals surface area contributed by atoms with Gasteiger partial charge in [0, 0.05) is 10.6 Å². The Morgan fingerprint density at radius 1 is 1.22 bits per heavy atom. The minimum Gasteiger partial charge on any atom is -0.462 e. The van der Waals surface area contributed by atoms with Gasteiger partial charge in [0.25, 0.3) is 5.91 Å². The topological polar surface area (TPSA) is 55.4 Å². The Labute approximate surface area is 139 Å². The van der Waals surface area contributed by atoms with Crippen LogP contribution in [-0.4, -0.2) is 18.5 Å². The second kappa shape index (κ2) is 6.96. The molecule has 1 heterocycles. The summed E-state index contributed by atoms with van der Waals surface area (Å²) in [6.45, 7) is 2.10. The number of aryl methyl sites for hydroxylation is 2. The lowest BCUT2D eigenvalue weighted by molar-refractivity contribution is 0.0526. The third kappa shape index (κ3) is 3.62. The van der Waals surface area contributed by atoms with Gasteiger partial charge in [-0.1, -0.05) is 6.07 Å². The predicted octanol–water partition coefficient (Wildman–Crippen LogP) is 4.06. The summed E-state index contributed by atoms with van der Waals surface area (Å²) >= 11 is 1.58. The van der Waals surface area contributed by atoms with E-state index in [1.807, 2.05) is 6.07 Å². The van der Waals surface area contributed by atoms with E-state index in [1.165, 1.54) is 23.3 Å². The van der Waals surface area contributed by atoms with Gasteiger partial charge in [-0.05, 0) is 62.4 Å². The molecule has 1 aromatic heterocycles. The normalized spacial score (nSPS) is 13.3. The van der Waals surface area contributed by atoms with Crippen molar-refractivity contribution in [2.24, 2.45) is 0 Å². The molecule has 3 rings (SSSR count). The van der Waals surface area contributed by atoms with Crippen molar-refractivity contribution in [1.29, 1.82) is 0 Å². The van der Waals surface area contributed by atoms with E-state index in [1.54, 1.807) is 42.5 Å². The third-order valence-electron chi connectivity index (χ3n) is 3.85. The highest BCUT2D eigenvalue weighted by atomic mass is 32.1. The first-order valence-corrected chi connectivity index (χ1v) is 8.69. The molecule has 23 heavy (non-hydrogen) atoms. The van der Waals surface area contributed by atoms with E-state index in [2.05, 4.69) is 5.32 Å². The number of nitrogens with one attached hydrogen (secondary N) is 1.